The van der Waals surface area contributed by atoms with Crippen LogP contribution in [0.2, 0.25) is 0 Å². The van der Waals surface area contributed by atoms with Gasteiger partial charge in [-0.05, 0) is 66.4 Å². The van der Waals surface area contributed by atoms with E-state index < -0.39 is 10.0 Å². The van der Waals surface area contributed by atoms with E-state index in [1.807, 2.05) is 0 Å². The maximum absolute atomic E-state index is 13.0. The van der Waals surface area contributed by atoms with Crippen molar-refractivity contribution >= 4 is 41.9 Å². The Morgan fingerprint density at radius 3 is 2.57 bits per heavy atom. The third-order valence-corrected chi connectivity index (χ3v) is 7.39. The minimum Gasteiger partial charge on any atom is -0.313 e. The molecule has 1 atom stereocenters. The highest BCUT2D eigenvalue weighted by Crippen LogP contribution is 2.35. The van der Waals surface area contributed by atoms with E-state index in [9.17, 15) is 8.42 Å². The zero-order valence-electron chi connectivity index (χ0n) is 11.6. The molecular weight excluding hydrogens is 420 g/mol. The summed E-state index contributed by atoms with van der Waals surface area (Å²) in [5, 5.41) is 3.39. The first-order valence-corrected chi connectivity index (χ1v) is 10.2. The Morgan fingerprint density at radius 1 is 1.24 bits per heavy atom. The quantitative estimate of drug-likeness (QED) is 0.769. The molecule has 1 N–H and O–H groups in total. The lowest BCUT2D eigenvalue weighted by atomic mass is 10.2. The Bertz CT molecular complexity index is 626. The Kier molecular flexibility index (Phi) is 4.76. The predicted molar refractivity (Wildman–Crippen MR) is 89.8 cm³/mol. The van der Waals surface area contributed by atoms with Crippen LogP contribution in [0, 0.1) is 0 Å². The number of hydrogen-bond acceptors (Lipinski definition) is 3. The third kappa shape index (κ3) is 3.52. The van der Waals surface area contributed by atoms with Gasteiger partial charge in [0.15, 0.2) is 0 Å². The van der Waals surface area contributed by atoms with Crippen LogP contribution < -0.4 is 5.32 Å². The van der Waals surface area contributed by atoms with Crippen LogP contribution in [0.3, 0.4) is 0 Å². The molecule has 7 heteroatoms. The molecule has 1 saturated carbocycles. The van der Waals surface area contributed by atoms with E-state index in [-0.39, 0.29) is 12.1 Å². The van der Waals surface area contributed by atoms with Crippen LogP contribution in [-0.2, 0) is 10.0 Å². The van der Waals surface area contributed by atoms with Crippen LogP contribution in [0.15, 0.2) is 32.0 Å². The monoisotopic (exact) mass is 436 g/mol. The van der Waals surface area contributed by atoms with E-state index in [1.54, 1.807) is 22.5 Å². The number of halogens is 2. The SMILES string of the molecule is O=S(=O)(c1ccc(Br)cc1Br)N(CC1CCCN1)C1CC1. The maximum atomic E-state index is 13.0. The van der Waals surface area contributed by atoms with Gasteiger partial charge < -0.3 is 5.32 Å². The fourth-order valence-electron chi connectivity index (χ4n) is 2.75. The third-order valence-electron chi connectivity index (χ3n) is 4.00. The van der Waals surface area contributed by atoms with Crippen molar-refractivity contribution in [2.45, 2.75) is 42.7 Å². The molecule has 2 aliphatic rings. The van der Waals surface area contributed by atoms with Crippen molar-refractivity contribution in [3.63, 3.8) is 0 Å². The van der Waals surface area contributed by atoms with Crippen molar-refractivity contribution in [2.75, 3.05) is 13.1 Å². The number of nitrogens with zero attached hydrogens (tertiary/aromatic N) is 1. The average Bonchev–Trinajstić information content (AvgIpc) is 3.11. The molecule has 3 rings (SSSR count). The van der Waals surface area contributed by atoms with Gasteiger partial charge in [-0.2, -0.15) is 4.31 Å². The zero-order chi connectivity index (χ0) is 15.0. The summed E-state index contributed by atoms with van der Waals surface area (Å²) in [7, 11) is -3.45. The normalized spacial score (nSPS) is 22.9. The van der Waals surface area contributed by atoms with Gasteiger partial charge in [0.25, 0.3) is 0 Å². The van der Waals surface area contributed by atoms with Gasteiger partial charge >= 0.3 is 0 Å². The van der Waals surface area contributed by atoms with Gasteiger partial charge in [0.1, 0.15) is 0 Å². The topological polar surface area (TPSA) is 49.4 Å². The molecule has 0 radical (unpaired) electrons. The van der Waals surface area contributed by atoms with Crippen LogP contribution in [0.4, 0.5) is 0 Å². The number of sulfonamides is 1. The van der Waals surface area contributed by atoms with E-state index in [4.69, 9.17) is 0 Å². The molecule has 0 bridgehead atoms. The van der Waals surface area contributed by atoms with Gasteiger partial charge in [-0.1, -0.05) is 15.9 Å². The molecule has 1 aromatic rings. The fraction of sp³-hybridized carbons (Fsp3) is 0.571. The standard InChI is InChI=1S/C14H18Br2N2O2S/c15-10-3-6-14(13(16)8-10)21(19,20)18(12-4-5-12)9-11-2-1-7-17-11/h3,6,8,11-12,17H,1-2,4-5,7,9H2. The minimum atomic E-state index is -3.45. The summed E-state index contributed by atoms with van der Waals surface area (Å²) >= 11 is 6.75. The molecule has 1 heterocycles. The number of benzene rings is 1. The lowest BCUT2D eigenvalue weighted by Gasteiger charge is -2.25. The highest BCUT2D eigenvalue weighted by molar-refractivity contribution is 9.11. The largest absolute Gasteiger partial charge is 0.313 e. The highest BCUT2D eigenvalue weighted by Gasteiger charge is 2.40. The molecule has 1 unspecified atom stereocenters. The Hall–Kier alpha value is 0.0500. The van der Waals surface area contributed by atoms with Crippen LogP contribution in [0.1, 0.15) is 25.7 Å². The van der Waals surface area contributed by atoms with Crippen molar-refractivity contribution in [2.24, 2.45) is 0 Å². The second-order valence-electron chi connectivity index (χ2n) is 5.67. The lowest BCUT2D eigenvalue weighted by Crippen LogP contribution is -2.42. The van der Waals surface area contributed by atoms with E-state index in [0.717, 1.165) is 36.7 Å². The highest BCUT2D eigenvalue weighted by atomic mass is 79.9. The molecule has 0 amide bonds. The average molecular weight is 438 g/mol. The van der Waals surface area contributed by atoms with E-state index in [2.05, 4.69) is 37.2 Å². The summed E-state index contributed by atoms with van der Waals surface area (Å²) in [6.45, 7) is 1.57. The van der Waals surface area contributed by atoms with Crippen molar-refractivity contribution < 1.29 is 8.42 Å². The van der Waals surface area contributed by atoms with Crippen molar-refractivity contribution in [1.82, 2.24) is 9.62 Å². The van der Waals surface area contributed by atoms with Crippen LogP contribution >= 0.6 is 31.9 Å². The molecule has 0 spiro atoms. The van der Waals surface area contributed by atoms with Crippen LogP contribution in [0.5, 0.6) is 0 Å². The second-order valence-corrected chi connectivity index (χ2v) is 9.30. The summed E-state index contributed by atoms with van der Waals surface area (Å²) in [6.07, 6.45) is 4.13. The van der Waals surface area contributed by atoms with Crippen molar-refractivity contribution in [3.8, 4) is 0 Å². The van der Waals surface area contributed by atoms with E-state index in [1.165, 1.54) is 0 Å². The second kappa shape index (κ2) is 6.28. The fourth-order valence-corrected chi connectivity index (χ4v) is 6.18. The molecule has 1 aliphatic carbocycles. The Labute approximate surface area is 142 Å². The maximum Gasteiger partial charge on any atom is 0.244 e. The minimum absolute atomic E-state index is 0.174. The zero-order valence-corrected chi connectivity index (χ0v) is 15.5. The van der Waals surface area contributed by atoms with Gasteiger partial charge in [-0.3, -0.25) is 0 Å². The summed E-state index contributed by atoms with van der Waals surface area (Å²) in [5.41, 5.74) is 0. The molecule has 1 saturated heterocycles. The van der Waals surface area contributed by atoms with Gasteiger partial charge in [0.2, 0.25) is 10.0 Å². The molecular formula is C14H18Br2N2O2S. The first-order chi connectivity index (χ1) is 9.98. The summed E-state index contributed by atoms with van der Waals surface area (Å²) in [4.78, 5) is 0.357. The van der Waals surface area contributed by atoms with Gasteiger partial charge in [0, 0.05) is 27.6 Å². The number of rotatable bonds is 5. The van der Waals surface area contributed by atoms with Gasteiger partial charge in [0.05, 0.1) is 4.90 Å². The molecule has 116 valence electrons. The summed E-state index contributed by atoms with van der Waals surface area (Å²) in [5.74, 6) is 0. The molecule has 0 aromatic heterocycles. The lowest BCUT2D eigenvalue weighted by molar-refractivity contribution is 0.362. The first-order valence-electron chi connectivity index (χ1n) is 7.19. The van der Waals surface area contributed by atoms with Crippen LogP contribution in [-0.4, -0.2) is 37.9 Å². The van der Waals surface area contributed by atoms with Crippen molar-refractivity contribution in [3.05, 3.63) is 27.1 Å². The van der Waals surface area contributed by atoms with Crippen LogP contribution in [0.25, 0.3) is 0 Å². The number of hydrogen-bond donors (Lipinski definition) is 1. The first kappa shape index (κ1) is 15.9. The summed E-state index contributed by atoms with van der Waals surface area (Å²) < 4.78 is 29.1. The van der Waals surface area contributed by atoms with Gasteiger partial charge in [-0.25, -0.2) is 8.42 Å². The molecule has 1 aliphatic heterocycles. The smallest absolute Gasteiger partial charge is 0.244 e. The van der Waals surface area contributed by atoms with Crippen molar-refractivity contribution in [1.29, 1.82) is 0 Å². The van der Waals surface area contributed by atoms with E-state index >= 15 is 0 Å². The molecule has 4 nitrogen and oxygen atoms in total. The predicted octanol–water partition coefficient (Wildman–Crippen LogP) is 3.12. The number of nitrogens with one attached hydrogen (secondary N) is 1. The molecule has 2 fully saturated rings. The van der Waals surface area contributed by atoms with Gasteiger partial charge in [-0.15, -0.1) is 0 Å². The molecule has 1 aromatic carbocycles. The summed E-state index contributed by atoms with van der Waals surface area (Å²) in [6, 6.07) is 5.69. The van der Waals surface area contributed by atoms with E-state index in [0.29, 0.717) is 15.9 Å². The Morgan fingerprint density at radius 2 is 2.00 bits per heavy atom. The Balaban J connectivity index is 1.89. The molecule has 21 heavy (non-hydrogen) atoms.